The van der Waals surface area contributed by atoms with Crippen molar-refractivity contribution < 1.29 is 4.79 Å². The number of benzene rings is 1. The molecule has 1 fully saturated rings. The molecule has 3 N–H and O–H groups in total. The Morgan fingerprint density at radius 3 is 2.58 bits per heavy atom. The molecule has 0 bridgehead atoms. The van der Waals surface area contributed by atoms with Crippen molar-refractivity contribution in [2.45, 2.75) is 20.3 Å². The maximum Gasteiger partial charge on any atom is 0.251 e. The smallest absolute Gasteiger partial charge is 0.251 e. The van der Waals surface area contributed by atoms with Crippen LogP contribution < -0.4 is 16.0 Å². The second kappa shape index (κ2) is 4.76. The molecule has 1 aliphatic carbocycles. The summed E-state index contributed by atoms with van der Waals surface area (Å²) in [7, 11) is 3.86. The van der Waals surface area contributed by atoms with Gasteiger partial charge in [0.1, 0.15) is 0 Å². The molecule has 0 aliphatic heterocycles. The van der Waals surface area contributed by atoms with Gasteiger partial charge in [-0.1, -0.05) is 13.8 Å². The molecule has 1 aromatic carbocycles. The fraction of sp³-hybridized carbons (Fsp3) is 0.533. The molecule has 0 radical (unpaired) electrons. The minimum Gasteiger partial charge on any atom is -0.397 e. The van der Waals surface area contributed by atoms with Crippen LogP contribution in [0, 0.1) is 11.3 Å². The fourth-order valence-corrected chi connectivity index (χ4v) is 2.35. The van der Waals surface area contributed by atoms with Crippen molar-refractivity contribution in [3.05, 3.63) is 23.8 Å². The molecule has 1 aliphatic rings. The molecule has 0 saturated heterocycles. The summed E-state index contributed by atoms with van der Waals surface area (Å²) in [6.45, 7) is 5.21. The SMILES string of the molecule is CN(C)c1ccc(C(=O)NCC2CC2(C)C)cc1N. The zero-order chi connectivity index (χ0) is 14.2. The summed E-state index contributed by atoms with van der Waals surface area (Å²) in [5.74, 6) is 0.564. The van der Waals surface area contributed by atoms with E-state index in [0.29, 0.717) is 22.6 Å². The highest BCUT2D eigenvalue weighted by atomic mass is 16.1. The summed E-state index contributed by atoms with van der Waals surface area (Å²) >= 11 is 0. The Morgan fingerprint density at radius 2 is 2.11 bits per heavy atom. The lowest BCUT2D eigenvalue weighted by atomic mass is 10.1. The van der Waals surface area contributed by atoms with Crippen LogP contribution in [0.3, 0.4) is 0 Å². The predicted molar refractivity (Wildman–Crippen MR) is 79.4 cm³/mol. The van der Waals surface area contributed by atoms with Gasteiger partial charge in [0.15, 0.2) is 0 Å². The van der Waals surface area contributed by atoms with E-state index in [2.05, 4.69) is 19.2 Å². The van der Waals surface area contributed by atoms with E-state index in [-0.39, 0.29) is 5.91 Å². The zero-order valence-corrected chi connectivity index (χ0v) is 12.2. The standard InChI is InChI=1S/C15H23N3O/c1-15(2)8-11(15)9-17-14(19)10-5-6-13(18(3)4)12(16)7-10/h5-7,11H,8-9,16H2,1-4H3,(H,17,19). The number of amides is 1. The Balaban J connectivity index is 1.98. The molecule has 2 rings (SSSR count). The number of nitrogens with zero attached hydrogens (tertiary/aromatic N) is 1. The first-order valence-corrected chi connectivity index (χ1v) is 6.66. The Labute approximate surface area is 115 Å². The van der Waals surface area contributed by atoms with Crippen molar-refractivity contribution in [3.63, 3.8) is 0 Å². The normalized spacial score (nSPS) is 19.9. The average molecular weight is 261 g/mol. The second-order valence-corrected chi connectivity index (χ2v) is 6.27. The van der Waals surface area contributed by atoms with Crippen LogP contribution in [0.15, 0.2) is 18.2 Å². The first kappa shape index (κ1) is 13.7. The number of carbonyl (C=O) groups excluding carboxylic acids is 1. The summed E-state index contributed by atoms with van der Waals surface area (Å²) in [4.78, 5) is 14.0. The molecule has 0 spiro atoms. The van der Waals surface area contributed by atoms with Gasteiger partial charge in [0.05, 0.1) is 11.4 Å². The molecule has 1 amide bonds. The van der Waals surface area contributed by atoms with Gasteiger partial charge in [-0.25, -0.2) is 0 Å². The van der Waals surface area contributed by atoms with Gasteiger partial charge in [-0.15, -0.1) is 0 Å². The number of anilines is 2. The average Bonchev–Trinajstić information content (AvgIpc) is 2.93. The number of hydrogen-bond acceptors (Lipinski definition) is 3. The third kappa shape index (κ3) is 3.00. The highest BCUT2D eigenvalue weighted by Crippen LogP contribution is 2.50. The molecule has 0 aromatic heterocycles. The summed E-state index contributed by atoms with van der Waals surface area (Å²) in [6, 6.07) is 5.44. The largest absolute Gasteiger partial charge is 0.397 e. The fourth-order valence-electron chi connectivity index (χ4n) is 2.35. The molecule has 19 heavy (non-hydrogen) atoms. The maximum atomic E-state index is 12.0. The van der Waals surface area contributed by atoms with Gasteiger partial charge in [0.25, 0.3) is 5.91 Å². The Hall–Kier alpha value is -1.71. The van der Waals surface area contributed by atoms with Crippen LogP contribution in [0.2, 0.25) is 0 Å². The van der Waals surface area contributed by atoms with E-state index in [1.165, 1.54) is 6.42 Å². The summed E-state index contributed by atoms with van der Waals surface area (Å²) < 4.78 is 0. The summed E-state index contributed by atoms with van der Waals surface area (Å²) in [5.41, 5.74) is 8.53. The van der Waals surface area contributed by atoms with Crippen molar-refractivity contribution in [2.24, 2.45) is 11.3 Å². The lowest BCUT2D eigenvalue weighted by Gasteiger charge is -2.16. The number of nitrogens with one attached hydrogen (secondary N) is 1. The third-order valence-electron chi connectivity index (χ3n) is 4.00. The Morgan fingerprint density at radius 1 is 1.47 bits per heavy atom. The Bertz CT molecular complexity index is 494. The van der Waals surface area contributed by atoms with Crippen LogP contribution in [0.25, 0.3) is 0 Å². The van der Waals surface area contributed by atoms with Crippen molar-refractivity contribution in [3.8, 4) is 0 Å². The molecule has 1 unspecified atom stereocenters. The molecule has 4 nitrogen and oxygen atoms in total. The second-order valence-electron chi connectivity index (χ2n) is 6.27. The lowest BCUT2D eigenvalue weighted by Crippen LogP contribution is -2.26. The quantitative estimate of drug-likeness (QED) is 0.816. The van der Waals surface area contributed by atoms with Crippen molar-refractivity contribution in [2.75, 3.05) is 31.3 Å². The van der Waals surface area contributed by atoms with Gasteiger partial charge < -0.3 is 16.0 Å². The third-order valence-corrected chi connectivity index (χ3v) is 4.00. The van der Waals surface area contributed by atoms with E-state index in [0.717, 1.165) is 12.2 Å². The highest BCUT2D eigenvalue weighted by Gasteiger charge is 2.45. The highest BCUT2D eigenvalue weighted by molar-refractivity contribution is 5.96. The predicted octanol–water partition coefficient (Wildman–Crippen LogP) is 2.11. The van der Waals surface area contributed by atoms with Gasteiger partial charge >= 0.3 is 0 Å². The van der Waals surface area contributed by atoms with Crippen LogP contribution in [0.1, 0.15) is 30.6 Å². The van der Waals surface area contributed by atoms with E-state index < -0.39 is 0 Å². The van der Waals surface area contributed by atoms with Crippen molar-refractivity contribution >= 4 is 17.3 Å². The zero-order valence-electron chi connectivity index (χ0n) is 12.2. The molecule has 1 aromatic rings. The van der Waals surface area contributed by atoms with Crippen LogP contribution in [0.5, 0.6) is 0 Å². The molecule has 1 atom stereocenters. The summed E-state index contributed by atoms with van der Waals surface area (Å²) in [6.07, 6.45) is 1.19. The number of hydrogen-bond donors (Lipinski definition) is 2. The van der Waals surface area contributed by atoms with Crippen molar-refractivity contribution in [1.82, 2.24) is 5.32 Å². The molecule has 4 heteroatoms. The van der Waals surface area contributed by atoms with Gasteiger partial charge in [-0.3, -0.25) is 4.79 Å². The van der Waals surface area contributed by atoms with Gasteiger partial charge in [0.2, 0.25) is 0 Å². The first-order chi connectivity index (χ1) is 8.81. The summed E-state index contributed by atoms with van der Waals surface area (Å²) in [5, 5.41) is 2.98. The van der Waals surface area contributed by atoms with E-state index in [9.17, 15) is 4.79 Å². The van der Waals surface area contributed by atoms with Gasteiger partial charge in [-0.2, -0.15) is 0 Å². The molecular formula is C15H23N3O. The number of nitrogen functional groups attached to an aromatic ring is 1. The van der Waals surface area contributed by atoms with E-state index in [1.54, 1.807) is 6.07 Å². The number of rotatable bonds is 4. The van der Waals surface area contributed by atoms with Crippen LogP contribution in [-0.2, 0) is 0 Å². The molecular weight excluding hydrogens is 238 g/mol. The lowest BCUT2D eigenvalue weighted by molar-refractivity contribution is 0.0950. The van der Waals surface area contributed by atoms with Crippen LogP contribution >= 0.6 is 0 Å². The van der Waals surface area contributed by atoms with Gasteiger partial charge in [-0.05, 0) is 36.0 Å². The van der Waals surface area contributed by atoms with E-state index in [1.807, 2.05) is 31.1 Å². The van der Waals surface area contributed by atoms with E-state index >= 15 is 0 Å². The van der Waals surface area contributed by atoms with Crippen molar-refractivity contribution in [1.29, 1.82) is 0 Å². The van der Waals surface area contributed by atoms with Crippen LogP contribution in [0.4, 0.5) is 11.4 Å². The molecule has 104 valence electrons. The Kier molecular flexibility index (Phi) is 3.43. The molecule has 0 heterocycles. The van der Waals surface area contributed by atoms with E-state index in [4.69, 9.17) is 5.73 Å². The topological polar surface area (TPSA) is 58.4 Å². The van der Waals surface area contributed by atoms with Gasteiger partial charge in [0, 0.05) is 26.2 Å². The molecule has 1 saturated carbocycles. The number of carbonyl (C=O) groups is 1. The minimum absolute atomic E-state index is 0.0419. The maximum absolute atomic E-state index is 12.0. The van der Waals surface area contributed by atoms with Crippen LogP contribution in [-0.4, -0.2) is 26.5 Å². The first-order valence-electron chi connectivity index (χ1n) is 6.66. The monoisotopic (exact) mass is 261 g/mol. The number of nitrogens with two attached hydrogens (primary N) is 1. The minimum atomic E-state index is -0.0419.